The number of likely N-dealkylation sites (tertiary alicyclic amines) is 2. The Morgan fingerprint density at radius 2 is 1.82 bits per heavy atom. The summed E-state index contributed by atoms with van der Waals surface area (Å²) in [6.45, 7) is 2.89. The summed E-state index contributed by atoms with van der Waals surface area (Å²) >= 11 is 0. The molecule has 2 aliphatic heterocycles. The zero-order chi connectivity index (χ0) is 34.3. The Bertz CT molecular complexity index is 2240. The molecule has 2 N–H and O–H groups in total. The molecule has 2 unspecified atom stereocenters. The van der Waals surface area contributed by atoms with E-state index in [0.29, 0.717) is 54.8 Å². The summed E-state index contributed by atoms with van der Waals surface area (Å²) in [5, 5.41) is 10.1. The van der Waals surface area contributed by atoms with Gasteiger partial charge in [-0.25, -0.2) is 14.4 Å². The van der Waals surface area contributed by atoms with E-state index < -0.39 is 11.7 Å². The summed E-state index contributed by atoms with van der Waals surface area (Å²) < 4.78 is 25.1. The maximum atomic E-state index is 14.7. The zero-order valence-electron chi connectivity index (χ0n) is 27.8. The van der Waals surface area contributed by atoms with Crippen LogP contribution in [0.15, 0.2) is 54.7 Å². The number of pyridine rings is 1. The molecule has 3 atom stereocenters. The molecule has 2 bridgehead atoms. The van der Waals surface area contributed by atoms with Gasteiger partial charge in [-0.1, -0.05) is 0 Å². The lowest BCUT2D eigenvalue weighted by Gasteiger charge is -2.40. The molecule has 9 rings (SSSR count). The molecule has 4 fully saturated rings. The number of piperidine rings is 1. The van der Waals surface area contributed by atoms with E-state index in [4.69, 9.17) is 25.7 Å². The minimum Gasteiger partial charge on any atom is -0.494 e. The number of nitriles is 1. The fourth-order valence-electron chi connectivity index (χ4n) is 8.38. The quantitative estimate of drug-likeness (QED) is 0.250. The van der Waals surface area contributed by atoms with Crippen molar-refractivity contribution in [2.75, 3.05) is 26.7 Å². The topological polar surface area (TPSA) is 135 Å². The third-order valence-corrected chi connectivity index (χ3v) is 11.2. The van der Waals surface area contributed by atoms with Crippen LogP contribution in [0, 0.1) is 34.9 Å². The minimum absolute atomic E-state index is 0.0136. The van der Waals surface area contributed by atoms with E-state index in [0.717, 1.165) is 53.5 Å². The number of hydrogen-bond acceptors (Lipinski definition) is 7. The van der Waals surface area contributed by atoms with Crippen molar-refractivity contribution >= 4 is 33.9 Å². The first-order valence-corrected chi connectivity index (χ1v) is 17.4. The van der Waals surface area contributed by atoms with Crippen molar-refractivity contribution in [2.45, 2.75) is 50.9 Å². The van der Waals surface area contributed by atoms with Gasteiger partial charge in [-0.15, -0.1) is 0 Å². The number of rotatable bonds is 8. The average Bonchev–Trinajstić information content (AvgIpc) is 3.47. The predicted octanol–water partition coefficient (Wildman–Crippen LogP) is 4.82. The van der Waals surface area contributed by atoms with Crippen LogP contribution in [0.5, 0.6) is 5.75 Å². The lowest BCUT2D eigenvalue weighted by Crippen LogP contribution is -2.51. The van der Waals surface area contributed by atoms with E-state index in [1.165, 1.54) is 25.0 Å². The van der Waals surface area contributed by atoms with Crippen molar-refractivity contribution in [3.8, 4) is 23.3 Å². The second kappa shape index (κ2) is 11.7. The molecular formula is C38H37FN8O3. The maximum Gasteiger partial charge on any atom is 0.256 e. The monoisotopic (exact) mass is 672 g/mol. The number of halogens is 1. The van der Waals surface area contributed by atoms with Crippen LogP contribution >= 0.6 is 0 Å². The van der Waals surface area contributed by atoms with Crippen LogP contribution in [0.1, 0.15) is 52.0 Å². The van der Waals surface area contributed by atoms with Gasteiger partial charge in [0, 0.05) is 67.9 Å². The van der Waals surface area contributed by atoms with E-state index in [1.807, 2.05) is 35.4 Å². The van der Waals surface area contributed by atoms with Crippen molar-refractivity contribution in [1.82, 2.24) is 28.9 Å². The van der Waals surface area contributed by atoms with Gasteiger partial charge in [-0.2, -0.15) is 5.26 Å². The molecule has 5 aromatic rings. The van der Waals surface area contributed by atoms with Gasteiger partial charge in [0.05, 0.1) is 35.5 Å². The molecule has 254 valence electrons. The number of aromatic nitrogens is 4. The third kappa shape index (κ3) is 4.94. The molecule has 12 heteroatoms. The van der Waals surface area contributed by atoms with Crippen molar-refractivity contribution in [3.05, 3.63) is 77.2 Å². The standard InChI is InChI=1S/C38H37FN8O3/c1-50-32-14-26(37(48)46-20-25-7-9-30(46)33(25)41)12-29-34(32)47(19-23-16-44(17-23)38(49)27-8-6-22(15-40)11-28(27)39)36(43-29)31-13-24-3-2-10-42-35(24)45(31)18-21-4-5-21/h2-3,6,8,10-14,21,23,25,30,33H,4-5,7,9,16-20,41H2,1H3/t25?,30?,33-/m1/s1. The summed E-state index contributed by atoms with van der Waals surface area (Å²) in [7, 11) is 1.61. The van der Waals surface area contributed by atoms with E-state index in [9.17, 15) is 14.0 Å². The Labute approximate surface area is 288 Å². The molecule has 2 saturated carbocycles. The number of nitrogens with zero attached hydrogens (tertiary/aromatic N) is 7. The molecule has 2 aromatic carbocycles. The number of imidazole rings is 1. The van der Waals surface area contributed by atoms with E-state index in [2.05, 4.69) is 21.3 Å². The summed E-state index contributed by atoms with van der Waals surface area (Å²) in [5.74, 6) is 1.12. The molecule has 0 spiro atoms. The zero-order valence-corrected chi connectivity index (χ0v) is 27.8. The number of hydrogen-bond donors (Lipinski definition) is 1. The fourth-order valence-corrected chi connectivity index (χ4v) is 8.38. The molecule has 2 aliphatic carbocycles. The van der Waals surface area contributed by atoms with Gasteiger partial charge in [-0.3, -0.25) is 9.59 Å². The van der Waals surface area contributed by atoms with Crippen LogP contribution in [0.2, 0.25) is 0 Å². The first-order chi connectivity index (χ1) is 24.3. The van der Waals surface area contributed by atoms with Gasteiger partial charge in [0.2, 0.25) is 0 Å². The Balaban J connectivity index is 1.10. The van der Waals surface area contributed by atoms with Gasteiger partial charge in [0.25, 0.3) is 11.8 Å². The number of ether oxygens (including phenoxy) is 1. The van der Waals surface area contributed by atoms with Gasteiger partial charge in [-0.05, 0) is 86.1 Å². The van der Waals surface area contributed by atoms with E-state index in [1.54, 1.807) is 12.0 Å². The van der Waals surface area contributed by atoms with E-state index >= 15 is 0 Å². The Morgan fingerprint density at radius 3 is 2.52 bits per heavy atom. The smallest absolute Gasteiger partial charge is 0.256 e. The Morgan fingerprint density at radius 1 is 1.00 bits per heavy atom. The van der Waals surface area contributed by atoms with Crippen LogP contribution in [0.25, 0.3) is 33.6 Å². The molecule has 3 aromatic heterocycles. The minimum atomic E-state index is -0.698. The molecule has 4 aliphatic rings. The fraction of sp³-hybridized carbons (Fsp3) is 0.395. The highest BCUT2D eigenvalue weighted by Gasteiger charge is 2.47. The Kier molecular flexibility index (Phi) is 7.17. The highest BCUT2D eigenvalue weighted by atomic mass is 19.1. The van der Waals surface area contributed by atoms with Crippen LogP contribution in [-0.2, 0) is 13.1 Å². The van der Waals surface area contributed by atoms with Crippen LogP contribution < -0.4 is 10.5 Å². The summed E-state index contributed by atoms with van der Waals surface area (Å²) in [4.78, 5) is 40.7. The number of fused-ring (bicyclic) bond motifs is 4. The average molecular weight is 673 g/mol. The first kappa shape index (κ1) is 30.8. The number of benzene rings is 2. The molecule has 2 amide bonds. The molecule has 50 heavy (non-hydrogen) atoms. The largest absolute Gasteiger partial charge is 0.494 e. The van der Waals surface area contributed by atoms with E-state index in [-0.39, 0.29) is 35.0 Å². The van der Waals surface area contributed by atoms with Crippen LogP contribution in [0.3, 0.4) is 0 Å². The van der Waals surface area contributed by atoms with Crippen molar-refractivity contribution in [3.63, 3.8) is 0 Å². The molecule has 5 heterocycles. The Hall–Kier alpha value is -5.28. The number of carbonyl (C=O) groups is 2. The van der Waals surface area contributed by atoms with Gasteiger partial charge in [0.1, 0.15) is 22.7 Å². The van der Waals surface area contributed by atoms with Gasteiger partial charge >= 0.3 is 0 Å². The summed E-state index contributed by atoms with van der Waals surface area (Å²) in [5.41, 5.74) is 10.4. The highest BCUT2D eigenvalue weighted by Crippen LogP contribution is 2.41. The number of methoxy groups -OCH3 is 1. The SMILES string of the molecule is COc1cc(C(=O)N2CC3CCC2[C@@H]3N)cc2nc(-c3cc4cccnc4n3CC3CC3)n(CC3CN(C(=O)c4ccc(C#N)cc4F)C3)c12. The molecule has 0 radical (unpaired) electrons. The second-order valence-corrected chi connectivity index (χ2v) is 14.4. The normalized spacial score (nSPS) is 21.6. The lowest BCUT2D eigenvalue weighted by molar-refractivity contribution is 0.0466. The highest BCUT2D eigenvalue weighted by molar-refractivity contribution is 6.00. The summed E-state index contributed by atoms with van der Waals surface area (Å²) in [6, 6.07) is 15.7. The molecule has 11 nitrogen and oxygen atoms in total. The predicted molar refractivity (Wildman–Crippen MR) is 184 cm³/mol. The molecule has 2 saturated heterocycles. The molecular weight excluding hydrogens is 635 g/mol. The maximum absolute atomic E-state index is 14.7. The number of carbonyl (C=O) groups excluding carboxylic acids is 2. The van der Waals surface area contributed by atoms with Crippen LogP contribution in [-0.4, -0.2) is 79.5 Å². The lowest BCUT2D eigenvalue weighted by atomic mass is 9.98. The van der Waals surface area contributed by atoms with Gasteiger partial charge in [0.15, 0.2) is 5.82 Å². The van der Waals surface area contributed by atoms with Crippen molar-refractivity contribution in [1.29, 1.82) is 5.26 Å². The first-order valence-electron chi connectivity index (χ1n) is 17.4. The summed E-state index contributed by atoms with van der Waals surface area (Å²) in [6.07, 6.45) is 6.15. The van der Waals surface area contributed by atoms with Crippen LogP contribution in [0.4, 0.5) is 4.39 Å². The van der Waals surface area contributed by atoms with Crippen molar-refractivity contribution < 1.29 is 18.7 Å². The number of amides is 2. The second-order valence-electron chi connectivity index (χ2n) is 14.4. The third-order valence-electron chi connectivity index (χ3n) is 11.2. The van der Waals surface area contributed by atoms with Gasteiger partial charge < -0.3 is 29.4 Å². The van der Waals surface area contributed by atoms with Crippen molar-refractivity contribution in [2.24, 2.45) is 23.5 Å². The number of nitrogens with two attached hydrogens (primary N) is 1.